The average molecular weight is 270 g/mol. The van der Waals surface area contributed by atoms with E-state index in [1.54, 1.807) is 0 Å². The first-order valence-electron chi connectivity index (χ1n) is 4.83. The standard InChI is InChI=1S/C11H12BrNO2/c1-6-3-9(12)5-8-4-7(2)15-11(14)13-10(6)8/h3,5,7H,4H2,1-2H3,(H,13,14). The van der Waals surface area contributed by atoms with Crippen LogP contribution in [0.25, 0.3) is 0 Å². The molecule has 0 saturated heterocycles. The van der Waals surface area contributed by atoms with Gasteiger partial charge in [0.05, 0.1) is 5.69 Å². The van der Waals surface area contributed by atoms with Crippen molar-refractivity contribution < 1.29 is 9.53 Å². The van der Waals surface area contributed by atoms with Crippen LogP contribution < -0.4 is 5.32 Å². The highest BCUT2D eigenvalue weighted by atomic mass is 79.9. The summed E-state index contributed by atoms with van der Waals surface area (Å²) in [5.74, 6) is 0. The Kier molecular flexibility index (Phi) is 2.69. The fraction of sp³-hybridized carbons (Fsp3) is 0.364. The molecule has 0 bridgehead atoms. The summed E-state index contributed by atoms with van der Waals surface area (Å²) >= 11 is 3.45. The van der Waals surface area contributed by atoms with Gasteiger partial charge in [-0.2, -0.15) is 0 Å². The summed E-state index contributed by atoms with van der Waals surface area (Å²) in [6, 6.07) is 4.00. The quantitative estimate of drug-likeness (QED) is 0.785. The number of benzene rings is 1. The van der Waals surface area contributed by atoms with Gasteiger partial charge in [-0.1, -0.05) is 15.9 Å². The van der Waals surface area contributed by atoms with Crippen LogP contribution in [0.4, 0.5) is 10.5 Å². The highest BCUT2D eigenvalue weighted by Crippen LogP contribution is 2.29. The number of fused-ring (bicyclic) bond motifs is 1. The number of carbonyl (C=O) groups is 1. The van der Waals surface area contributed by atoms with Gasteiger partial charge in [0.15, 0.2) is 0 Å². The predicted molar refractivity (Wildman–Crippen MR) is 62.1 cm³/mol. The van der Waals surface area contributed by atoms with Crippen molar-refractivity contribution in [2.45, 2.75) is 26.4 Å². The largest absolute Gasteiger partial charge is 0.446 e. The fourth-order valence-corrected chi connectivity index (χ4v) is 2.44. The molecular formula is C11H12BrNO2. The number of amides is 1. The molecule has 0 radical (unpaired) electrons. The van der Waals surface area contributed by atoms with Crippen LogP contribution >= 0.6 is 15.9 Å². The van der Waals surface area contributed by atoms with E-state index in [-0.39, 0.29) is 12.2 Å². The lowest BCUT2D eigenvalue weighted by Gasteiger charge is -2.09. The Morgan fingerprint density at radius 1 is 1.53 bits per heavy atom. The van der Waals surface area contributed by atoms with E-state index in [4.69, 9.17) is 4.74 Å². The predicted octanol–water partition coefficient (Wildman–Crippen LogP) is 3.25. The van der Waals surface area contributed by atoms with Crippen molar-refractivity contribution in [3.8, 4) is 0 Å². The maximum Gasteiger partial charge on any atom is 0.411 e. The van der Waals surface area contributed by atoms with Crippen LogP contribution in [0.2, 0.25) is 0 Å². The summed E-state index contributed by atoms with van der Waals surface area (Å²) in [6.45, 7) is 3.87. The van der Waals surface area contributed by atoms with E-state index in [1.165, 1.54) is 0 Å². The minimum atomic E-state index is -0.369. The highest BCUT2D eigenvalue weighted by molar-refractivity contribution is 9.10. The molecule has 4 heteroatoms. The number of hydrogen-bond donors (Lipinski definition) is 1. The number of cyclic esters (lactones) is 1. The number of nitrogens with one attached hydrogen (secondary N) is 1. The van der Waals surface area contributed by atoms with Crippen LogP contribution in [0.15, 0.2) is 16.6 Å². The number of halogens is 1. The van der Waals surface area contributed by atoms with Crippen LogP contribution in [0.3, 0.4) is 0 Å². The molecule has 1 aliphatic heterocycles. The van der Waals surface area contributed by atoms with Crippen molar-refractivity contribution in [3.63, 3.8) is 0 Å². The van der Waals surface area contributed by atoms with E-state index in [9.17, 15) is 4.79 Å². The smallest absolute Gasteiger partial charge is 0.411 e. The zero-order valence-corrected chi connectivity index (χ0v) is 10.2. The fourth-order valence-electron chi connectivity index (χ4n) is 1.82. The van der Waals surface area contributed by atoms with Crippen molar-refractivity contribution in [2.75, 3.05) is 5.32 Å². The molecule has 1 aliphatic rings. The number of rotatable bonds is 0. The second kappa shape index (κ2) is 3.85. The second-order valence-corrected chi connectivity index (χ2v) is 4.72. The Hall–Kier alpha value is -1.03. The third kappa shape index (κ3) is 2.15. The van der Waals surface area contributed by atoms with Gasteiger partial charge in [0, 0.05) is 10.9 Å². The normalized spacial score (nSPS) is 19.9. The summed E-state index contributed by atoms with van der Waals surface area (Å²) in [6.07, 6.45) is 0.292. The topological polar surface area (TPSA) is 38.3 Å². The molecule has 0 saturated carbocycles. The summed E-state index contributed by atoms with van der Waals surface area (Å²) in [7, 11) is 0. The zero-order valence-electron chi connectivity index (χ0n) is 8.63. The van der Waals surface area contributed by atoms with Gasteiger partial charge in [-0.3, -0.25) is 5.32 Å². The van der Waals surface area contributed by atoms with Crippen molar-refractivity contribution in [1.29, 1.82) is 0 Å². The van der Waals surface area contributed by atoms with Crippen molar-refractivity contribution in [3.05, 3.63) is 27.7 Å². The molecule has 15 heavy (non-hydrogen) atoms. The van der Waals surface area contributed by atoms with E-state index < -0.39 is 0 Å². The Balaban J connectivity index is 2.50. The van der Waals surface area contributed by atoms with Gasteiger partial charge < -0.3 is 4.74 Å². The molecule has 80 valence electrons. The molecule has 0 aliphatic carbocycles. The van der Waals surface area contributed by atoms with E-state index in [0.29, 0.717) is 0 Å². The lowest BCUT2D eigenvalue weighted by atomic mass is 10.0. The van der Waals surface area contributed by atoms with E-state index in [1.807, 2.05) is 26.0 Å². The Labute approximate surface area is 96.9 Å². The van der Waals surface area contributed by atoms with Gasteiger partial charge >= 0.3 is 6.09 Å². The van der Waals surface area contributed by atoms with Gasteiger partial charge in [0.25, 0.3) is 0 Å². The minimum Gasteiger partial charge on any atom is -0.446 e. The van der Waals surface area contributed by atoms with E-state index in [0.717, 1.165) is 27.7 Å². The lowest BCUT2D eigenvalue weighted by molar-refractivity contribution is 0.123. The second-order valence-electron chi connectivity index (χ2n) is 3.80. The first kappa shape index (κ1) is 10.5. The monoisotopic (exact) mass is 269 g/mol. The number of anilines is 1. The Bertz CT molecular complexity index is 417. The molecule has 1 atom stereocenters. The van der Waals surface area contributed by atoms with Crippen molar-refractivity contribution in [2.24, 2.45) is 0 Å². The van der Waals surface area contributed by atoms with Gasteiger partial charge in [-0.15, -0.1) is 0 Å². The molecule has 0 fully saturated rings. The molecule has 1 heterocycles. The van der Waals surface area contributed by atoms with E-state index >= 15 is 0 Å². The molecule has 2 rings (SSSR count). The lowest BCUT2D eigenvalue weighted by Crippen LogP contribution is -2.17. The van der Waals surface area contributed by atoms with Crippen LogP contribution in [-0.2, 0) is 11.2 Å². The summed E-state index contributed by atoms with van der Waals surface area (Å²) in [4.78, 5) is 11.3. The third-order valence-electron chi connectivity index (χ3n) is 2.42. The molecule has 0 aromatic heterocycles. The number of carbonyl (C=O) groups excluding carboxylic acids is 1. The molecule has 1 unspecified atom stereocenters. The SMILES string of the molecule is Cc1cc(Br)cc2c1NC(=O)OC(C)C2. The van der Waals surface area contributed by atoms with Crippen LogP contribution in [0.1, 0.15) is 18.1 Å². The first-order valence-corrected chi connectivity index (χ1v) is 5.62. The van der Waals surface area contributed by atoms with Gasteiger partial charge in [-0.05, 0) is 37.1 Å². The first-order chi connectivity index (χ1) is 7.06. The summed E-state index contributed by atoms with van der Waals surface area (Å²) < 4.78 is 6.15. The molecular weight excluding hydrogens is 258 g/mol. The summed E-state index contributed by atoms with van der Waals surface area (Å²) in [5, 5.41) is 2.77. The van der Waals surface area contributed by atoms with Gasteiger partial charge in [-0.25, -0.2) is 4.79 Å². The van der Waals surface area contributed by atoms with Crippen molar-refractivity contribution >= 4 is 27.7 Å². The molecule has 1 amide bonds. The molecule has 1 aromatic rings. The number of ether oxygens (including phenoxy) is 1. The van der Waals surface area contributed by atoms with E-state index in [2.05, 4.69) is 21.2 Å². The molecule has 0 spiro atoms. The molecule has 1 N–H and O–H groups in total. The number of hydrogen-bond acceptors (Lipinski definition) is 2. The van der Waals surface area contributed by atoms with Gasteiger partial charge in [0.1, 0.15) is 6.10 Å². The maximum absolute atomic E-state index is 11.3. The van der Waals surface area contributed by atoms with Gasteiger partial charge in [0.2, 0.25) is 0 Å². The van der Waals surface area contributed by atoms with Crippen molar-refractivity contribution in [1.82, 2.24) is 0 Å². The third-order valence-corrected chi connectivity index (χ3v) is 2.88. The molecule has 1 aromatic carbocycles. The Morgan fingerprint density at radius 3 is 3.00 bits per heavy atom. The van der Waals surface area contributed by atoms with Crippen LogP contribution in [-0.4, -0.2) is 12.2 Å². The minimum absolute atomic E-state index is 0.0834. The zero-order chi connectivity index (χ0) is 11.0. The Morgan fingerprint density at radius 2 is 2.27 bits per heavy atom. The maximum atomic E-state index is 11.3. The van der Waals surface area contributed by atoms with Crippen LogP contribution in [0, 0.1) is 6.92 Å². The highest BCUT2D eigenvalue weighted by Gasteiger charge is 2.20. The number of aryl methyl sites for hydroxylation is 1. The average Bonchev–Trinajstić information content (AvgIpc) is 2.22. The van der Waals surface area contributed by atoms with Crippen LogP contribution in [0.5, 0.6) is 0 Å². The molecule has 3 nitrogen and oxygen atoms in total. The summed E-state index contributed by atoms with van der Waals surface area (Å²) in [5.41, 5.74) is 3.04.